The van der Waals surface area contributed by atoms with Crippen molar-refractivity contribution in [3.63, 3.8) is 0 Å². The zero-order chi connectivity index (χ0) is 21.1. The summed E-state index contributed by atoms with van der Waals surface area (Å²) >= 11 is 1.41. The van der Waals surface area contributed by atoms with Crippen molar-refractivity contribution >= 4 is 23.6 Å². The first-order chi connectivity index (χ1) is 14.6. The van der Waals surface area contributed by atoms with E-state index in [-0.39, 0.29) is 23.7 Å². The van der Waals surface area contributed by atoms with Crippen LogP contribution in [-0.2, 0) is 0 Å². The zero-order valence-electron chi connectivity index (χ0n) is 16.4. The van der Waals surface area contributed by atoms with Crippen LogP contribution in [0, 0.1) is 5.82 Å². The van der Waals surface area contributed by atoms with Gasteiger partial charge in [0.1, 0.15) is 17.8 Å². The number of aromatic nitrogens is 2. The van der Waals surface area contributed by atoms with Crippen LogP contribution in [0.15, 0.2) is 58.6 Å². The predicted molar refractivity (Wildman–Crippen MR) is 110 cm³/mol. The second-order valence-electron chi connectivity index (χ2n) is 6.99. The number of furan rings is 1. The van der Waals surface area contributed by atoms with Gasteiger partial charge in [0.25, 0.3) is 11.8 Å². The molecule has 1 aliphatic heterocycles. The largest absolute Gasteiger partial charge is 0.472 e. The van der Waals surface area contributed by atoms with E-state index in [1.165, 1.54) is 42.6 Å². The number of nitrogens with zero attached hydrogens (tertiary/aromatic N) is 3. The highest BCUT2D eigenvalue weighted by atomic mass is 32.2. The van der Waals surface area contributed by atoms with Crippen LogP contribution in [0.4, 0.5) is 4.39 Å². The van der Waals surface area contributed by atoms with Crippen LogP contribution < -0.4 is 5.32 Å². The van der Waals surface area contributed by atoms with Gasteiger partial charge in [-0.25, -0.2) is 9.37 Å². The van der Waals surface area contributed by atoms with E-state index in [9.17, 15) is 14.0 Å². The molecular formula is C21H21FN4O3S. The molecule has 0 radical (unpaired) electrons. The Balaban J connectivity index is 1.43. The normalized spacial score (nSPS) is 14.7. The van der Waals surface area contributed by atoms with Gasteiger partial charge in [0.15, 0.2) is 5.16 Å². The summed E-state index contributed by atoms with van der Waals surface area (Å²) in [7, 11) is 0. The van der Waals surface area contributed by atoms with Crippen molar-refractivity contribution in [3.05, 3.63) is 66.1 Å². The number of carbonyl (C=O) groups excluding carboxylic acids is 2. The van der Waals surface area contributed by atoms with E-state index in [0.29, 0.717) is 48.0 Å². The van der Waals surface area contributed by atoms with Crippen LogP contribution in [0.2, 0.25) is 0 Å². The van der Waals surface area contributed by atoms with Crippen molar-refractivity contribution in [2.45, 2.75) is 24.0 Å². The molecule has 1 N–H and O–H groups in total. The SMILES string of the molecule is CSc1ncc(C(=O)NC2CCN(C(=O)c3ccoc3)CC2)n1-c1ccc(F)cc1. The van der Waals surface area contributed by atoms with E-state index in [4.69, 9.17) is 4.42 Å². The lowest BCUT2D eigenvalue weighted by molar-refractivity contribution is 0.0697. The van der Waals surface area contributed by atoms with Crippen molar-refractivity contribution in [3.8, 4) is 5.69 Å². The summed E-state index contributed by atoms with van der Waals surface area (Å²) < 4.78 is 20.0. The van der Waals surface area contributed by atoms with E-state index in [1.54, 1.807) is 27.7 Å². The predicted octanol–water partition coefficient (Wildman–Crippen LogP) is 3.36. The first-order valence-electron chi connectivity index (χ1n) is 9.57. The number of carbonyl (C=O) groups is 2. The average Bonchev–Trinajstić information content (AvgIpc) is 3.44. The third-order valence-electron chi connectivity index (χ3n) is 5.12. The van der Waals surface area contributed by atoms with Gasteiger partial charge in [0, 0.05) is 24.8 Å². The van der Waals surface area contributed by atoms with Gasteiger partial charge in [0.05, 0.1) is 18.0 Å². The maximum atomic E-state index is 13.3. The number of imidazole rings is 1. The molecule has 156 valence electrons. The van der Waals surface area contributed by atoms with E-state index in [1.807, 2.05) is 6.26 Å². The van der Waals surface area contributed by atoms with Crippen LogP contribution in [0.25, 0.3) is 5.69 Å². The molecule has 0 atom stereocenters. The fraction of sp³-hybridized carbons (Fsp3) is 0.286. The van der Waals surface area contributed by atoms with Crippen molar-refractivity contribution in [1.29, 1.82) is 0 Å². The minimum Gasteiger partial charge on any atom is -0.472 e. The lowest BCUT2D eigenvalue weighted by atomic mass is 10.0. The fourth-order valence-corrected chi connectivity index (χ4v) is 4.08. The summed E-state index contributed by atoms with van der Waals surface area (Å²) in [6.45, 7) is 1.12. The maximum absolute atomic E-state index is 13.3. The molecule has 1 saturated heterocycles. The molecule has 1 aromatic carbocycles. The van der Waals surface area contributed by atoms with Crippen molar-refractivity contribution in [2.24, 2.45) is 0 Å². The van der Waals surface area contributed by atoms with E-state index in [0.717, 1.165) is 0 Å². The summed E-state index contributed by atoms with van der Waals surface area (Å²) in [5.74, 6) is -0.647. The molecule has 30 heavy (non-hydrogen) atoms. The van der Waals surface area contributed by atoms with Gasteiger partial charge in [-0.05, 0) is 49.4 Å². The number of rotatable bonds is 5. The van der Waals surface area contributed by atoms with Crippen molar-refractivity contribution < 1.29 is 18.4 Å². The molecule has 9 heteroatoms. The number of hydrogen-bond donors (Lipinski definition) is 1. The molecule has 0 bridgehead atoms. The number of thioether (sulfide) groups is 1. The monoisotopic (exact) mass is 428 g/mol. The number of amides is 2. The summed E-state index contributed by atoms with van der Waals surface area (Å²) in [4.78, 5) is 31.5. The molecule has 2 amide bonds. The maximum Gasteiger partial charge on any atom is 0.270 e. The Morgan fingerprint density at radius 1 is 1.20 bits per heavy atom. The number of nitrogens with one attached hydrogen (secondary N) is 1. The van der Waals surface area contributed by atoms with E-state index in [2.05, 4.69) is 10.3 Å². The van der Waals surface area contributed by atoms with Crippen LogP contribution in [0.1, 0.15) is 33.7 Å². The standard InChI is InChI=1S/C21H21FN4O3S/c1-30-21-23-12-18(26(21)17-4-2-15(22)3-5-17)19(27)24-16-6-9-25(10-7-16)20(28)14-8-11-29-13-14/h2-5,8,11-13,16H,6-7,9-10H2,1H3,(H,24,27). The highest BCUT2D eigenvalue weighted by molar-refractivity contribution is 7.98. The number of hydrogen-bond acceptors (Lipinski definition) is 5. The van der Waals surface area contributed by atoms with Crippen LogP contribution in [-0.4, -0.2) is 51.7 Å². The Hall–Kier alpha value is -3.07. The van der Waals surface area contributed by atoms with Crippen LogP contribution in [0.5, 0.6) is 0 Å². The third kappa shape index (κ3) is 4.11. The first kappa shape index (κ1) is 20.2. The number of halogens is 1. The fourth-order valence-electron chi connectivity index (χ4n) is 3.53. The third-order valence-corrected chi connectivity index (χ3v) is 5.77. The van der Waals surface area contributed by atoms with Gasteiger partial charge >= 0.3 is 0 Å². The Kier molecular flexibility index (Phi) is 5.89. The molecule has 4 rings (SSSR count). The molecule has 3 aromatic rings. The molecule has 0 saturated carbocycles. The minimum atomic E-state index is -0.340. The zero-order valence-corrected chi connectivity index (χ0v) is 17.2. The molecule has 2 aromatic heterocycles. The van der Waals surface area contributed by atoms with E-state index < -0.39 is 0 Å². The smallest absolute Gasteiger partial charge is 0.270 e. The second kappa shape index (κ2) is 8.74. The number of piperidine rings is 1. The highest BCUT2D eigenvalue weighted by Gasteiger charge is 2.26. The molecule has 0 aliphatic carbocycles. The van der Waals surface area contributed by atoms with Gasteiger partial charge < -0.3 is 14.6 Å². The summed E-state index contributed by atoms with van der Waals surface area (Å²) in [6, 6.07) is 7.55. The van der Waals surface area contributed by atoms with Crippen molar-refractivity contribution in [2.75, 3.05) is 19.3 Å². The van der Waals surface area contributed by atoms with E-state index >= 15 is 0 Å². The van der Waals surface area contributed by atoms with Gasteiger partial charge in [0.2, 0.25) is 0 Å². The molecule has 7 nitrogen and oxygen atoms in total. The van der Waals surface area contributed by atoms with Crippen molar-refractivity contribution in [1.82, 2.24) is 19.8 Å². The van der Waals surface area contributed by atoms with Gasteiger partial charge in [-0.1, -0.05) is 11.8 Å². The number of likely N-dealkylation sites (tertiary alicyclic amines) is 1. The topological polar surface area (TPSA) is 80.4 Å². The second-order valence-corrected chi connectivity index (χ2v) is 7.77. The molecule has 1 aliphatic rings. The molecule has 0 spiro atoms. The van der Waals surface area contributed by atoms with Crippen LogP contribution in [0.3, 0.4) is 0 Å². The number of benzene rings is 1. The van der Waals surface area contributed by atoms with Gasteiger partial charge in [-0.2, -0.15) is 0 Å². The minimum absolute atomic E-state index is 0.0415. The average molecular weight is 428 g/mol. The van der Waals surface area contributed by atoms with Gasteiger partial charge in [-0.15, -0.1) is 0 Å². The van der Waals surface area contributed by atoms with Crippen LogP contribution >= 0.6 is 11.8 Å². The van der Waals surface area contributed by atoms with Gasteiger partial charge in [-0.3, -0.25) is 14.2 Å². The lowest BCUT2D eigenvalue weighted by Gasteiger charge is -2.32. The molecule has 1 fully saturated rings. The quantitative estimate of drug-likeness (QED) is 0.631. The first-order valence-corrected chi connectivity index (χ1v) is 10.8. The molecule has 0 unspecified atom stereocenters. The summed E-state index contributed by atoms with van der Waals surface area (Å²) in [6.07, 6.45) is 7.65. The Labute approximate surface area is 177 Å². The lowest BCUT2D eigenvalue weighted by Crippen LogP contribution is -2.46. The molecule has 3 heterocycles. The highest BCUT2D eigenvalue weighted by Crippen LogP contribution is 2.23. The summed E-state index contributed by atoms with van der Waals surface area (Å²) in [5.41, 5.74) is 1.59. The summed E-state index contributed by atoms with van der Waals surface area (Å²) in [5, 5.41) is 3.69. The molecular weight excluding hydrogens is 407 g/mol. The Bertz CT molecular complexity index is 1030. The Morgan fingerprint density at radius 3 is 2.57 bits per heavy atom. The Morgan fingerprint density at radius 2 is 1.93 bits per heavy atom.